The minimum Gasteiger partial charge on any atom is -0.462 e. The van der Waals surface area contributed by atoms with Crippen LogP contribution in [-0.2, 0) is 16.6 Å². The van der Waals surface area contributed by atoms with Crippen LogP contribution in [0.15, 0.2) is 53.0 Å². The number of rotatable bonds is 7. The number of carbonyl (C=O) groups is 2. The summed E-state index contributed by atoms with van der Waals surface area (Å²) in [7, 11) is 1.61. The number of hydrogen-bond acceptors (Lipinski definition) is 7. The van der Waals surface area contributed by atoms with Crippen LogP contribution in [0.5, 0.6) is 0 Å². The number of amides is 1. The number of carbonyl (C=O) groups excluding carboxylic acids is 2. The van der Waals surface area contributed by atoms with Crippen molar-refractivity contribution in [2.45, 2.75) is 26.3 Å². The van der Waals surface area contributed by atoms with E-state index < -0.39 is 17.9 Å². The molecule has 1 atom stereocenters. The summed E-state index contributed by atoms with van der Waals surface area (Å²) in [5.41, 5.74) is 1.55. The molecule has 1 aromatic carbocycles. The van der Waals surface area contributed by atoms with Gasteiger partial charge in [-0.05, 0) is 18.9 Å². The van der Waals surface area contributed by atoms with E-state index in [0.29, 0.717) is 16.6 Å². The summed E-state index contributed by atoms with van der Waals surface area (Å²) in [4.78, 5) is 44.0. The van der Waals surface area contributed by atoms with Crippen LogP contribution in [0.2, 0.25) is 0 Å². The summed E-state index contributed by atoms with van der Waals surface area (Å²) < 4.78 is 7.77. The van der Waals surface area contributed by atoms with Gasteiger partial charge in [-0.2, -0.15) is 5.10 Å². The van der Waals surface area contributed by atoms with Crippen molar-refractivity contribution in [3.05, 3.63) is 64.2 Å². The van der Waals surface area contributed by atoms with E-state index in [1.807, 2.05) is 42.6 Å². The summed E-state index contributed by atoms with van der Waals surface area (Å²) >= 11 is 1.39. The Hall–Kier alpha value is -3.79. The van der Waals surface area contributed by atoms with Crippen LogP contribution in [0, 0.1) is 0 Å². The van der Waals surface area contributed by atoms with E-state index in [4.69, 9.17) is 4.74 Å². The number of ether oxygens (including phenoxy) is 1. The van der Waals surface area contributed by atoms with Gasteiger partial charge in [-0.1, -0.05) is 37.3 Å². The lowest BCUT2D eigenvalue weighted by Gasteiger charge is -2.18. The van der Waals surface area contributed by atoms with Gasteiger partial charge in [-0.25, -0.2) is 9.78 Å². The maximum absolute atomic E-state index is 13.5. The molecule has 1 N–H and O–H groups in total. The molecule has 0 fully saturated rings. The van der Waals surface area contributed by atoms with Crippen LogP contribution in [-0.4, -0.2) is 37.8 Å². The Morgan fingerprint density at radius 2 is 1.97 bits per heavy atom. The number of aromatic nitrogens is 4. The lowest BCUT2D eigenvalue weighted by atomic mass is 10.1. The molecular weight excluding hydrogens is 442 g/mol. The van der Waals surface area contributed by atoms with Gasteiger partial charge in [0.2, 0.25) is 5.91 Å². The van der Waals surface area contributed by atoms with Crippen molar-refractivity contribution in [1.29, 1.82) is 0 Å². The molecule has 3 aromatic heterocycles. The molecule has 1 amide bonds. The number of thiophene rings is 1. The van der Waals surface area contributed by atoms with Gasteiger partial charge >= 0.3 is 5.97 Å². The summed E-state index contributed by atoms with van der Waals surface area (Å²) in [6.45, 7) is 3.70. The normalized spacial score (nSPS) is 12.0. The minimum atomic E-state index is -0.831. The summed E-state index contributed by atoms with van der Waals surface area (Å²) in [5, 5.41) is 9.17. The molecule has 0 saturated heterocycles. The Kier molecular flexibility index (Phi) is 6.36. The monoisotopic (exact) mass is 465 g/mol. The third kappa shape index (κ3) is 4.17. The van der Waals surface area contributed by atoms with Crippen LogP contribution >= 0.6 is 11.3 Å². The molecule has 4 aromatic rings. The fraction of sp³-hybridized carbons (Fsp3) is 0.261. The Labute approximate surface area is 193 Å². The molecule has 9 nitrogen and oxygen atoms in total. The predicted molar refractivity (Wildman–Crippen MR) is 126 cm³/mol. The van der Waals surface area contributed by atoms with Crippen molar-refractivity contribution >= 4 is 39.2 Å². The van der Waals surface area contributed by atoms with E-state index in [1.54, 1.807) is 14.0 Å². The van der Waals surface area contributed by atoms with Gasteiger partial charge in [0.15, 0.2) is 0 Å². The van der Waals surface area contributed by atoms with Crippen molar-refractivity contribution < 1.29 is 14.3 Å². The highest BCUT2D eigenvalue weighted by Crippen LogP contribution is 2.31. The van der Waals surface area contributed by atoms with Gasteiger partial charge in [0, 0.05) is 18.0 Å². The first-order valence-corrected chi connectivity index (χ1v) is 11.4. The number of hydrogen-bond donors (Lipinski definition) is 1. The Morgan fingerprint density at radius 3 is 2.67 bits per heavy atom. The first-order chi connectivity index (χ1) is 16.0. The Morgan fingerprint density at radius 1 is 1.21 bits per heavy atom. The molecule has 0 radical (unpaired) electrons. The number of benzene rings is 1. The van der Waals surface area contributed by atoms with E-state index in [1.165, 1.54) is 33.1 Å². The number of nitrogens with one attached hydrogen (secondary N) is 1. The highest BCUT2D eigenvalue weighted by Gasteiger charge is 2.26. The fourth-order valence-corrected chi connectivity index (χ4v) is 4.56. The van der Waals surface area contributed by atoms with Crippen LogP contribution in [0.1, 0.15) is 36.7 Å². The lowest BCUT2D eigenvalue weighted by Crippen LogP contribution is -2.34. The second kappa shape index (κ2) is 9.37. The van der Waals surface area contributed by atoms with Gasteiger partial charge < -0.3 is 10.1 Å². The van der Waals surface area contributed by atoms with E-state index >= 15 is 0 Å². The molecule has 1 unspecified atom stereocenters. The first-order valence-electron chi connectivity index (χ1n) is 10.5. The van der Waals surface area contributed by atoms with Crippen molar-refractivity contribution in [3.8, 4) is 11.1 Å². The number of anilines is 1. The van der Waals surface area contributed by atoms with Crippen LogP contribution in [0.4, 0.5) is 5.82 Å². The highest BCUT2D eigenvalue weighted by molar-refractivity contribution is 7.17. The van der Waals surface area contributed by atoms with Crippen molar-refractivity contribution in [1.82, 2.24) is 19.3 Å². The molecule has 10 heteroatoms. The topological polar surface area (TPSA) is 108 Å². The number of fused-ring (bicyclic) bond motifs is 1. The van der Waals surface area contributed by atoms with Crippen molar-refractivity contribution in [3.63, 3.8) is 0 Å². The molecular formula is C23H23N5O4S. The molecule has 0 aliphatic carbocycles. The minimum absolute atomic E-state index is 0.146. The Bertz CT molecular complexity index is 1370. The van der Waals surface area contributed by atoms with Gasteiger partial charge in [-0.15, -0.1) is 11.3 Å². The summed E-state index contributed by atoms with van der Waals surface area (Å²) in [6.07, 6.45) is 3.08. The molecule has 0 aliphatic rings. The van der Waals surface area contributed by atoms with Crippen molar-refractivity contribution in [2.24, 2.45) is 7.05 Å². The molecule has 0 aliphatic heterocycles. The molecule has 0 saturated carbocycles. The largest absolute Gasteiger partial charge is 0.462 e. The average molecular weight is 466 g/mol. The SMILES string of the molecule is CCOC(=O)c1cnn(C)c1NC(=O)C(CC)n1cnc2scc(-c3ccccc3)c2c1=O. The highest BCUT2D eigenvalue weighted by atomic mass is 32.1. The van der Waals surface area contributed by atoms with Gasteiger partial charge in [0.1, 0.15) is 22.3 Å². The second-order valence-electron chi connectivity index (χ2n) is 7.32. The standard InChI is InChI=1S/C23H23N5O4S/c1-4-17(20(29)26-19-15(11-25-27(19)3)23(31)32-5-2)28-13-24-21-18(22(28)30)16(12-33-21)14-9-7-6-8-10-14/h6-13,17H,4-5H2,1-3H3,(H,26,29). The zero-order chi connectivity index (χ0) is 23.5. The molecule has 0 bridgehead atoms. The van der Waals surface area contributed by atoms with E-state index in [2.05, 4.69) is 15.4 Å². The quantitative estimate of drug-likeness (QED) is 0.418. The number of esters is 1. The third-order valence-electron chi connectivity index (χ3n) is 5.31. The number of aryl methyl sites for hydroxylation is 1. The van der Waals surface area contributed by atoms with Crippen LogP contribution in [0.3, 0.4) is 0 Å². The zero-order valence-corrected chi connectivity index (χ0v) is 19.3. The molecule has 3 heterocycles. The lowest BCUT2D eigenvalue weighted by molar-refractivity contribution is -0.119. The summed E-state index contributed by atoms with van der Waals surface area (Å²) in [5.74, 6) is -0.828. The second-order valence-corrected chi connectivity index (χ2v) is 8.17. The molecule has 33 heavy (non-hydrogen) atoms. The Balaban J connectivity index is 1.72. The van der Waals surface area contributed by atoms with E-state index in [0.717, 1.165) is 11.1 Å². The van der Waals surface area contributed by atoms with Gasteiger partial charge in [-0.3, -0.25) is 18.8 Å². The maximum Gasteiger partial charge on any atom is 0.343 e. The van der Waals surface area contributed by atoms with Crippen LogP contribution in [0.25, 0.3) is 21.3 Å². The zero-order valence-electron chi connectivity index (χ0n) is 18.4. The summed E-state index contributed by atoms with van der Waals surface area (Å²) in [6, 6.07) is 8.76. The molecule has 0 spiro atoms. The molecule has 4 rings (SSSR count). The third-order valence-corrected chi connectivity index (χ3v) is 6.19. The van der Waals surface area contributed by atoms with E-state index in [-0.39, 0.29) is 23.5 Å². The van der Waals surface area contributed by atoms with E-state index in [9.17, 15) is 14.4 Å². The fourth-order valence-electron chi connectivity index (χ4n) is 3.65. The van der Waals surface area contributed by atoms with Crippen LogP contribution < -0.4 is 10.9 Å². The average Bonchev–Trinajstić information content (AvgIpc) is 3.41. The number of nitrogens with zero attached hydrogens (tertiary/aromatic N) is 4. The smallest absolute Gasteiger partial charge is 0.343 e. The van der Waals surface area contributed by atoms with Gasteiger partial charge in [0.05, 0.1) is 24.5 Å². The first kappa shape index (κ1) is 22.4. The predicted octanol–water partition coefficient (Wildman–Crippen LogP) is 3.63. The maximum atomic E-state index is 13.5. The van der Waals surface area contributed by atoms with Gasteiger partial charge in [0.25, 0.3) is 5.56 Å². The molecule has 170 valence electrons. The van der Waals surface area contributed by atoms with Crippen molar-refractivity contribution in [2.75, 3.05) is 11.9 Å².